The lowest BCUT2D eigenvalue weighted by Crippen LogP contribution is -2.47. The van der Waals surface area contributed by atoms with Gasteiger partial charge in [-0.15, -0.1) is 0 Å². The number of benzene rings is 2. The lowest BCUT2D eigenvalue weighted by Gasteiger charge is -2.47. The van der Waals surface area contributed by atoms with E-state index in [1.54, 1.807) is 12.1 Å². The first-order valence-corrected chi connectivity index (χ1v) is 11.7. The van der Waals surface area contributed by atoms with Gasteiger partial charge < -0.3 is 14.8 Å². The number of carbonyl (C=O) groups is 1. The van der Waals surface area contributed by atoms with E-state index in [0.717, 1.165) is 37.0 Å². The van der Waals surface area contributed by atoms with Gasteiger partial charge in [-0.2, -0.15) is 0 Å². The summed E-state index contributed by atoms with van der Waals surface area (Å²) in [6.45, 7) is 10.3. The Kier molecular flexibility index (Phi) is 7.94. The van der Waals surface area contributed by atoms with Gasteiger partial charge in [-0.3, -0.25) is 4.79 Å². The molecular formula is C27H36FNO3. The SMILES string of the molecule is CCC1(C)CC(CCNC(=O)c2ccc(OCC(C)C)cc2)(c2ccc(F)cc2)CCO1. The number of halogens is 1. The van der Waals surface area contributed by atoms with Crippen LogP contribution < -0.4 is 10.1 Å². The van der Waals surface area contributed by atoms with Crippen LogP contribution in [0.1, 0.15) is 69.3 Å². The summed E-state index contributed by atoms with van der Waals surface area (Å²) < 4.78 is 25.3. The van der Waals surface area contributed by atoms with Crippen molar-refractivity contribution in [2.24, 2.45) is 5.92 Å². The predicted molar refractivity (Wildman–Crippen MR) is 126 cm³/mol. The minimum Gasteiger partial charge on any atom is -0.493 e. The van der Waals surface area contributed by atoms with Crippen LogP contribution in [0.4, 0.5) is 4.39 Å². The molecule has 0 radical (unpaired) electrons. The second-order valence-electron chi connectivity index (χ2n) is 9.60. The maximum absolute atomic E-state index is 13.6. The normalized spacial score (nSPS) is 23.2. The minimum atomic E-state index is -0.233. The lowest BCUT2D eigenvalue weighted by molar-refractivity contribution is -0.0978. The molecule has 5 heteroatoms. The molecule has 1 saturated heterocycles. The molecule has 1 amide bonds. The van der Waals surface area contributed by atoms with Crippen molar-refractivity contribution in [1.29, 1.82) is 0 Å². The van der Waals surface area contributed by atoms with Gasteiger partial charge in [-0.05, 0) is 80.5 Å². The summed E-state index contributed by atoms with van der Waals surface area (Å²) in [6, 6.07) is 14.1. The van der Waals surface area contributed by atoms with Crippen molar-refractivity contribution in [3.63, 3.8) is 0 Å². The average molecular weight is 442 g/mol. The third-order valence-corrected chi connectivity index (χ3v) is 6.54. The Hall–Kier alpha value is -2.40. The fourth-order valence-corrected chi connectivity index (χ4v) is 4.47. The van der Waals surface area contributed by atoms with E-state index in [9.17, 15) is 9.18 Å². The summed E-state index contributed by atoms with van der Waals surface area (Å²) in [7, 11) is 0. The van der Waals surface area contributed by atoms with E-state index >= 15 is 0 Å². The molecule has 2 aromatic carbocycles. The van der Waals surface area contributed by atoms with Gasteiger partial charge in [0.25, 0.3) is 5.91 Å². The standard InChI is InChI=1S/C27H36FNO3/c1-5-26(4)19-27(15-17-32-26,22-8-10-23(28)11-9-22)14-16-29-25(30)21-6-12-24(13-7-21)31-18-20(2)3/h6-13,20H,5,14-19H2,1-4H3,(H,29,30). The fraction of sp³-hybridized carbons (Fsp3) is 0.519. The molecule has 32 heavy (non-hydrogen) atoms. The number of hydrogen-bond donors (Lipinski definition) is 1. The Morgan fingerprint density at radius 3 is 2.47 bits per heavy atom. The van der Waals surface area contributed by atoms with Crippen LogP contribution >= 0.6 is 0 Å². The molecule has 1 N–H and O–H groups in total. The maximum atomic E-state index is 13.6. The summed E-state index contributed by atoms with van der Waals surface area (Å²) in [5, 5.41) is 3.07. The van der Waals surface area contributed by atoms with Gasteiger partial charge in [0, 0.05) is 24.1 Å². The Morgan fingerprint density at radius 2 is 1.84 bits per heavy atom. The first kappa shape index (κ1) is 24.2. The maximum Gasteiger partial charge on any atom is 0.251 e. The van der Waals surface area contributed by atoms with Crippen LogP contribution in [0.15, 0.2) is 48.5 Å². The molecule has 0 aromatic heterocycles. The van der Waals surface area contributed by atoms with Crippen LogP contribution in [0.2, 0.25) is 0 Å². The molecule has 1 heterocycles. The first-order valence-electron chi connectivity index (χ1n) is 11.7. The van der Waals surface area contributed by atoms with E-state index in [4.69, 9.17) is 9.47 Å². The van der Waals surface area contributed by atoms with E-state index in [-0.39, 0.29) is 22.7 Å². The van der Waals surface area contributed by atoms with E-state index < -0.39 is 0 Å². The largest absolute Gasteiger partial charge is 0.493 e. The van der Waals surface area contributed by atoms with Crippen LogP contribution in [-0.4, -0.2) is 31.3 Å². The summed E-state index contributed by atoms with van der Waals surface area (Å²) >= 11 is 0. The summed E-state index contributed by atoms with van der Waals surface area (Å²) in [5.74, 6) is 0.890. The van der Waals surface area contributed by atoms with Crippen molar-refractivity contribution in [2.75, 3.05) is 19.8 Å². The molecule has 0 bridgehead atoms. The highest BCUT2D eigenvalue weighted by molar-refractivity contribution is 5.94. The van der Waals surface area contributed by atoms with E-state index in [2.05, 4.69) is 33.0 Å². The smallest absolute Gasteiger partial charge is 0.251 e. The number of carbonyl (C=O) groups excluding carboxylic acids is 1. The van der Waals surface area contributed by atoms with Gasteiger partial charge in [0.1, 0.15) is 11.6 Å². The van der Waals surface area contributed by atoms with Gasteiger partial charge in [0.05, 0.1) is 12.2 Å². The molecular weight excluding hydrogens is 405 g/mol. The second-order valence-corrected chi connectivity index (χ2v) is 9.60. The summed E-state index contributed by atoms with van der Waals surface area (Å²) in [5.41, 5.74) is 1.35. The van der Waals surface area contributed by atoms with Gasteiger partial charge in [-0.25, -0.2) is 4.39 Å². The van der Waals surface area contributed by atoms with Crippen LogP contribution in [0.5, 0.6) is 5.75 Å². The summed E-state index contributed by atoms with van der Waals surface area (Å²) in [6.07, 6.45) is 3.39. The van der Waals surface area contributed by atoms with Crippen LogP contribution in [0.3, 0.4) is 0 Å². The molecule has 3 rings (SSSR count). The fourth-order valence-electron chi connectivity index (χ4n) is 4.47. The zero-order valence-electron chi connectivity index (χ0n) is 19.7. The molecule has 0 spiro atoms. The van der Waals surface area contributed by atoms with Crippen molar-refractivity contribution >= 4 is 5.91 Å². The molecule has 4 nitrogen and oxygen atoms in total. The number of ether oxygens (including phenoxy) is 2. The highest BCUT2D eigenvalue weighted by Gasteiger charge is 2.43. The average Bonchev–Trinajstić information content (AvgIpc) is 2.78. The third-order valence-electron chi connectivity index (χ3n) is 6.54. The number of amides is 1. The van der Waals surface area contributed by atoms with E-state index in [1.807, 2.05) is 24.3 Å². The quantitative estimate of drug-likeness (QED) is 0.527. The Labute approximate surface area is 191 Å². The predicted octanol–water partition coefficient (Wildman–Crippen LogP) is 5.90. The van der Waals surface area contributed by atoms with Crippen molar-refractivity contribution in [3.05, 3.63) is 65.5 Å². The summed E-state index contributed by atoms with van der Waals surface area (Å²) in [4.78, 5) is 12.7. The van der Waals surface area contributed by atoms with Gasteiger partial charge >= 0.3 is 0 Å². The number of nitrogens with one attached hydrogen (secondary N) is 1. The van der Waals surface area contributed by atoms with Gasteiger partial charge in [0.2, 0.25) is 0 Å². The zero-order valence-corrected chi connectivity index (χ0v) is 19.7. The van der Waals surface area contributed by atoms with Crippen LogP contribution in [0.25, 0.3) is 0 Å². The Bertz CT molecular complexity index is 881. The highest BCUT2D eigenvalue weighted by Crippen LogP contribution is 2.45. The molecule has 2 aromatic rings. The molecule has 2 atom stereocenters. The molecule has 1 aliphatic rings. The van der Waals surface area contributed by atoms with E-state index in [1.165, 1.54) is 12.1 Å². The molecule has 0 aliphatic carbocycles. The molecule has 0 saturated carbocycles. The number of hydrogen-bond acceptors (Lipinski definition) is 3. The van der Waals surface area contributed by atoms with E-state index in [0.29, 0.717) is 31.2 Å². The zero-order chi connectivity index (χ0) is 23.2. The third kappa shape index (κ3) is 6.10. The van der Waals surface area contributed by atoms with Crippen LogP contribution in [0, 0.1) is 11.7 Å². The van der Waals surface area contributed by atoms with Gasteiger partial charge in [0.15, 0.2) is 0 Å². The number of rotatable bonds is 9. The second kappa shape index (κ2) is 10.5. The van der Waals surface area contributed by atoms with Crippen molar-refractivity contribution in [1.82, 2.24) is 5.32 Å². The molecule has 2 unspecified atom stereocenters. The topological polar surface area (TPSA) is 47.6 Å². The van der Waals surface area contributed by atoms with Crippen molar-refractivity contribution < 1.29 is 18.7 Å². The Balaban J connectivity index is 1.66. The van der Waals surface area contributed by atoms with Crippen molar-refractivity contribution in [3.8, 4) is 5.75 Å². The van der Waals surface area contributed by atoms with Gasteiger partial charge in [-0.1, -0.05) is 32.9 Å². The molecule has 1 fully saturated rings. The van der Waals surface area contributed by atoms with Crippen molar-refractivity contribution in [2.45, 2.75) is 64.4 Å². The molecule has 1 aliphatic heterocycles. The monoisotopic (exact) mass is 441 g/mol. The molecule has 174 valence electrons. The van der Waals surface area contributed by atoms with Crippen LogP contribution in [-0.2, 0) is 10.2 Å². The highest BCUT2D eigenvalue weighted by atomic mass is 19.1. The lowest BCUT2D eigenvalue weighted by atomic mass is 9.66. The first-order chi connectivity index (χ1) is 15.3. The Morgan fingerprint density at radius 1 is 1.16 bits per heavy atom. The minimum absolute atomic E-state index is 0.0972.